The van der Waals surface area contributed by atoms with E-state index in [1.54, 1.807) is 0 Å². The summed E-state index contributed by atoms with van der Waals surface area (Å²) < 4.78 is 5.30. The fourth-order valence-corrected chi connectivity index (χ4v) is 3.26. The van der Waals surface area contributed by atoms with Gasteiger partial charge in [-0.3, -0.25) is 10.1 Å². The Balaban J connectivity index is 1.92. The predicted octanol–water partition coefficient (Wildman–Crippen LogP) is 2.57. The van der Waals surface area contributed by atoms with Gasteiger partial charge in [0.15, 0.2) is 0 Å². The minimum atomic E-state index is -0.530. The van der Waals surface area contributed by atoms with Crippen LogP contribution in [0, 0.1) is 5.92 Å². The Morgan fingerprint density at radius 2 is 2.00 bits per heavy atom. The summed E-state index contributed by atoms with van der Waals surface area (Å²) >= 11 is 0. The zero-order valence-corrected chi connectivity index (χ0v) is 14.2. The first-order chi connectivity index (χ1) is 9.94. The second-order valence-corrected chi connectivity index (χ2v) is 7.25. The van der Waals surface area contributed by atoms with E-state index in [2.05, 4.69) is 24.1 Å². The van der Waals surface area contributed by atoms with Crippen LogP contribution in [-0.2, 0) is 9.53 Å². The van der Waals surface area contributed by atoms with Gasteiger partial charge >= 0.3 is 5.97 Å². The summed E-state index contributed by atoms with van der Waals surface area (Å²) in [5.74, 6) is 0.682. The van der Waals surface area contributed by atoms with Crippen LogP contribution in [-0.4, -0.2) is 48.2 Å². The van der Waals surface area contributed by atoms with Crippen molar-refractivity contribution in [2.75, 3.05) is 19.7 Å². The Kier molecular flexibility index (Phi) is 5.67. The number of ether oxygens (including phenoxy) is 1. The van der Waals surface area contributed by atoms with Crippen molar-refractivity contribution in [1.29, 1.82) is 0 Å². The summed E-state index contributed by atoms with van der Waals surface area (Å²) in [5.41, 5.74) is -0.530. The van der Waals surface area contributed by atoms with E-state index >= 15 is 0 Å². The van der Waals surface area contributed by atoms with Crippen molar-refractivity contribution in [3.05, 3.63) is 0 Å². The molecule has 0 spiro atoms. The quantitative estimate of drug-likeness (QED) is 0.733. The molecule has 1 aliphatic heterocycles. The van der Waals surface area contributed by atoms with E-state index in [4.69, 9.17) is 4.74 Å². The lowest BCUT2D eigenvalue weighted by Crippen LogP contribution is -2.54. The lowest BCUT2D eigenvalue weighted by molar-refractivity contribution is -0.151. The molecule has 0 bridgehead atoms. The van der Waals surface area contributed by atoms with E-state index < -0.39 is 5.54 Å². The van der Waals surface area contributed by atoms with Crippen LogP contribution in [0.1, 0.15) is 59.8 Å². The minimum Gasteiger partial charge on any atom is -0.465 e. The summed E-state index contributed by atoms with van der Waals surface area (Å²) in [6.07, 6.45) is 5.80. The molecule has 21 heavy (non-hydrogen) atoms. The summed E-state index contributed by atoms with van der Waals surface area (Å²) in [7, 11) is 0. The van der Waals surface area contributed by atoms with Gasteiger partial charge in [-0.2, -0.15) is 0 Å². The molecule has 2 aliphatic rings. The number of hydrogen-bond donors (Lipinski definition) is 1. The lowest BCUT2D eigenvalue weighted by atomic mass is 9.92. The Hall–Kier alpha value is -0.610. The molecule has 0 aromatic rings. The number of esters is 1. The Morgan fingerprint density at radius 1 is 1.29 bits per heavy atom. The summed E-state index contributed by atoms with van der Waals surface area (Å²) in [6.45, 7) is 11.1. The fraction of sp³-hybridized carbons (Fsp3) is 0.941. The van der Waals surface area contributed by atoms with E-state index in [0.717, 1.165) is 25.4 Å². The van der Waals surface area contributed by atoms with E-state index in [-0.39, 0.29) is 5.97 Å². The SMILES string of the molecule is CCOC(=O)C(C)(CCN1CC(C)CCC1C)NC1CC1. The summed E-state index contributed by atoms with van der Waals surface area (Å²) in [5, 5.41) is 3.52. The average molecular weight is 296 g/mol. The van der Waals surface area contributed by atoms with Crippen LogP contribution in [0.4, 0.5) is 0 Å². The maximum absolute atomic E-state index is 12.3. The van der Waals surface area contributed by atoms with Gasteiger partial charge in [0.05, 0.1) is 6.61 Å². The van der Waals surface area contributed by atoms with Crippen LogP contribution >= 0.6 is 0 Å². The molecule has 1 heterocycles. The first kappa shape index (κ1) is 16.8. The highest BCUT2D eigenvalue weighted by Crippen LogP contribution is 2.27. The number of hydrogen-bond acceptors (Lipinski definition) is 4. The molecular formula is C17H32N2O2. The third-order valence-corrected chi connectivity index (χ3v) is 4.97. The van der Waals surface area contributed by atoms with Gasteiger partial charge in [0, 0.05) is 25.2 Å². The summed E-state index contributed by atoms with van der Waals surface area (Å²) in [4.78, 5) is 14.9. The maximum atomic E-state index is 12.3. The van der Waals surface area contributed by atoms with Gasteiger partial charge in [-0.05, 0) is 58.8 Å². The highest BCUT2D eigenvalue weighted by atomic mass is 16.5. The van der Waals surface area contributed by atoms with Gasteiger partial charge in [0.1, 0.15) is 5.54 Å². The molecule has 3 unspecified atom stereocenters. The van der Waals surface area contributed by atoms with Crippen LogP contribution in [0.3, 0.4) is 0 Å². The molecule has 2 fully saturated rings. The molecule has 1 saturated carbocycles. The van der Waals surface area contributed by atoms with Crippen molar-refractivity contribution < 1.29 is 9.53 Å². The maximum Gasteiger partial charge on any atom is 0.326 e. The van der Waals surface area contributed by atoms with E-state index in [0.29, 0.717) is 18.7 Å². The first-order valence-electron chi connectivity index (χ1n) is 8.63. The first-order valence-corrected chi connectivity index (χ1v) is 8.63. The molecule has 2 rings (SSSR count). The molecule has 0 aromatic heterocycles. The molecular weight excluding hydrogens is 264 g/mol. The van der Waals surface area contributed by atoms with Crippen molar-refractivity contribution in [1.82, 2.24) is 10.2 Å². The highest BCUT2D eigenvalue weighted by molar-refractivity contribution is 5.80. The number of carbonyl (C=O) groups excluding carboxylic acids is 1. The van der Waals surface area contributed by atoms with Crippen molar-refractivity contribution in [2.45, 2.75) is 77.4 Å². The minimum absolute atomic E-state index is 0.0883. The third kappa shape index (κ3) is 4.68. The van der Waals surface area contributed by atoms with Gasteiger partial charge in [0.25, 0.3) is 0 Å². The smallest absolute Gasteiger partial charge is 0.326 e. The predicted molar refractivity (Wildman–Crippen MR) is 85.2 cm³/mol. The van der Waals surface area contributed by atoms with Gasteiger partial charge in [0.2, 0.25) is 0 Å². The molecule has 0 amide bonds. The van der Waals surface area contributed by atoms with Crippen LogP contribution in [0.2, 0.25) is 0 Å². The summed E-state index contributed by atoms with van der Waals surface area (Å²) in [6, 6.07) is 1.14. The van der Waals surface area contributed by atoms with Gasteiger partial charge in [-0.25, -0.2) is 0 Å². The monoisotopic (exact) mass is 296 g/mol. The van der Waals surface area contributed by atoms with Gasteiger partial charge < -0.3 is 9.64 Å². The molecule has 122 valence electrons. The third-order valence-electron chi connectivity index (χ3n) is 4.97. The zero-order valence-electron chi connectivity index (χ0n) is 14.2. The Bertz CT molecular complexity index is 357. The largest absolute Gasteiger partial charge is 0.465 e. The second-order valence-electron chi connectivity index (χ2n) is 7.25. The highest BCUT2D eigenvalue weighted by Gasteiger charge is 2.40. The van der Waals surface area contributed by atoms with Crippen LogP contribution in [0.25, 0.3) is 0 Å². The Morgan fingerprint density at radius 3 is 2.62 bits per heavy atom. The van der Waals surface area contributed by atoms with Crippen LogP contribution in [0.5, 0.6) is 0 Å². The Labute approximate surface area is 129 Å². The van der Waals surface area contributed by atoms with Crippen LogP contribution < -0.4 is 5.32 Å². The van der Waals surface area contributed by atoms with Crippen molar-refractivity contribution in [2.24, 2.45) is 5.92 Å². The molecule has 4 nitrogen and oxygen atoms in total. The van der Waals surface area contributed by atoms with Crippen molar-refractivity contribution in [3.8, 4) is 0 Å². The number of likely N-dealkylation sites (tertiary alicyclic amines) is 1. The molecule has 1 saturated heterocycles. The van der Waals surface area contributed by atoms with Crippen molar-refractivity contribution >= 4 is 5.97 Å². The fourth-order valence-electron chi connectivity index (χ4n) is 3.26. The van der Waals surface area contributed by atoms with Gasteiger partial charge in [-0.15, -0.1) is 0 Å². The van der Waals surface area contributed by atoms with Crippen molar-refractivity contribution in [3.63, 3.8) is 0 Å². The standard InChI is InChI=1S/C17H32N2O2/c1-5-21-16(20)17(4,18-15-8-9-15)10-11-19-12-13(2)6-7-14(19)3/h13-15,18H,5-12H2,1-4H3. The van der Waals surface area contributed by atoms with E-state index in [9.17, 15) is 4.79 Å². The molecule has 3 atom stereocenters. The molecule has 4 heteroatoms. The van der Waals surface area contributed by atoms with Gasteiger partial charge in [-0.1, -0.05) is 6.92 Å². The molecule has 0 radical (unpaired) electrons. The number of piperidine rings is 1. The number of carbonyl (C=O) groups is 1. The number of rotatable bonds is 7. The topological polar surface area (TPSA) is 41.6 Å². The molecule has 0 aromatic carbocycles. The van der Waals surface area contributed by atoms with E-state index in [1.165, 1.54) is 25.7 Å². The zero-order chi connectivity index (χ0) is 15.5. The molecule has 1 aliphatic carbocycles. The lowest BCUT2D eigenvalue weighted by Gasteiger charge is -2.39. The number of nitrogens with one attached hydrogen (secondary N) is 1. The van der Waals surface area contributed by atoms with E-state index in [1.807, 2.05) is 13.8 Å². The molecule has 1 N–H and O–H groups in total. The average Bonchev–Trinajstić information content (AvgIpc) is 3.24. The van der Waals surface area contributed by atoms with Crippen LogP contribution in [0.15, 0.2) is 0 Å². The second kappa shape index (κ2) is 7.10. The number of nitrogens with zero attached hydrogens (tertiary/aromatic N) is 1. The normalized spacial score (nSPS) is 29.9.